The molecule has 20 heavy (non-hydrogen) atoms. The first-order valence-corrected chi connectivity index (χ1v) is 8.02. The summed E-state index contributed by atoms with van der Waals surface area (Å²) in [5, 5.41) is 11.6. The maximum absolute atomic E-state index is 11.0. The largest absolute Gasteiger partial charge is 0.388 e. The van der Waals surface area contributed by atoms with Gasteiger partial charge in [-0.1, -0.05) is 11.6 Å². The standard InChI is InChI=1S/C16H21ClN2O/c17-12-4-13(15(18)19-8-12)14(20)16-5-9-1-10(6-16)3-11(2-9)7-16/h4,8-11,14,20H,1-3,5-7H2,(H2,18,19). The molecule has 108 valence electrons. The second-order valence-corrected chi connectivity index (χ2v) is 7.75. The summed E-state index contributed by atoms with van der Waals surface area (Å²) in [6.07, 6.45) is 8.58. The number of aliphatic hydroxyl groups excluding tert-OH is 1. The van der Waals surface area contributed by atoms with E-state index < -0.39 is 6.10 Å². The highest BCUT2D eigenvalue weighted by atomic mass is 35.5. The topological polar surface area (TPSA) is 59.1 Å². The Kier molecular flexibility index (Phi) is 2.80. The zero-order valence-electron chi connectivity index (χ0n) is 11.6. The molecule has 0 saturated heterocycles. The van der Waals surface area contributed by atoms with Crippen molar-refractivity contribution in [1.29, 1.82) is 0 Å². The second kappa shape index (κ2) is 4.35. The Bertz CT molecular complexity index is 510. The third-order valence-corrected chi connectivity index (χ3v) is 6.08. The average Bonchev–Trinajstić information content (AvgIpc) is 2.39. The van der Waals surface area contributed by atoms with Gasteiger partial charge in [0.05, 0.1) is 11.1 Å². The number of rotatable bonds is 2. The summed E-state index contributed by atoms with van der Waals surface area (Å²) in [6.45, 7) is 0. The van der Waals surface area contributed by atoms with Crippen LogP contribution in [0.15, 0.2) is 12.3 Å². The molecule has 0 radical (unpaired) electrons. The summed E-state index contributed by atoms with van der Waals surface area (Å²) >= 11 is 6.04. The van der Waals surface area contributed by atoms with Gasteiger partial charge in [-0.25, -0.2) is 4.98 Å². The molecular weight excluding hydrogens is 272 g/mol. The van der Waals surface area contributed by atoms with E-state index in [1.54, 1.807) is 12.3 Å². The van der Waals surface area contributed by atoms with E-state index in [1.807, 2.05) is 0 Å². The number of hydrogen-bond acceptors (Lipinski definition) is 3. The van der Waals surface area contributed by atoms with Gasteiger partial charge >= 0.3 is 0 Å². The van der Waals surface area contributed by atoms with Gasteiger partial charge < -0.3 is 10.8 Å². The lowest BCUT2D eigenvalue weighted by Gasteiger charge is -2.58. The first-order chi connectivity index (χ1) is 9.56. The van der Waals surface area contributed by atoms with Crippen molar-refractivity contribution < 1.29 is 5.11 Å². The van der Waals surface area contributed by atoms with Crippen molar-refractivity contribution >= 4 is 17.4 Å². The maximum atomic E-state index is 11.0. The number of halogens is 1. The molecule has 0 aromatic carbocycles. The highest BCUT2D eigenvalue weighted by Gasteiger charge is 2.54. The Labute approximate surface area is 124 Å². The summed E-state index contributed by atoms with van der Waals surface area (Å²) in [5.74, 6) is 2.86. The van der Waals surface area contributed by atoms with Crippen LogP contribution < -0.4 is 5.73 Å². The molecular formula is C16H21ClN2O. The number of hydrogen-bond donors (Lipinski definition) is 2. The van der Waals surface area contributed by atoms with E-state index in [4.69, 9.17) is 17.3 Å². The highest BCUT2D eigenvalue weighted by Crippen LogP contribution is 2.64. The molecule has 4 heteroatoms. The van der Waals surface area contributed by atoms with Gasteiger partial charge in [0.2, 0.25) is 0 Å². The van der Waals surface area contributed by atoms with Crippen LogP contribution >= 0.6 is 11.6 Å². The lowest BCUT2D eigenvalue weighted by atomic mass is 9.47. The van der Waals surface area contributed by atoms with Gasteiger partial charge in [-0.2, -0.15) is 0 Å². The van der Waals surface area contributed by atoms with Crippen molar-refractivity contribution in [1.82, 2.24) is 4.98 Å². The minimum atomic E-state index is -0.512. The quantitative estimate of drug-likeness (QED) is 0.876. The normalized spacial score (nSPS) is 40.0. The third kappa shape index (κ3) is 1.86. The minimum absolute atomic E-state index is 0.0230. The molecule has 0 spiro atoms. The molecule has 4 fully saturated rings. The Hall–Kier alpha value is -0.800. The molecule has 1 atom stereocenters. The van der Waals surface area contributed by atoms with Gasteiger partial charge in [-0.15, -0.1) is 0 Å². The molecule has 3 nitrogen and oxygen atoms in total. The van der Waals surface area contributed by atoms with E-state index >= 15 is 0 Å². The first-order valence-electron chi connectivity index (χ1n) is 7.65. The molecule has 1 aromatic rings. The lowest BCUT2D eigenvalue weighted by Crippen LogP contribution is -2.49. The van der Waals surface area contributed by atoms with Gasteiger partial charge in [-0.3, -0.25) is 0 Å². The van der Waals surface area contributed by atoms with Crippen LogP contribution in [0.4, 0.5) is 5.82 Å². The number of nitrogens with zero attached hydrogens (tertiary/aromatic N) is 1. The third-order valence-electron chi connectivity index (χ3n) is 5.88. The minimum Gasteiger partial charge on any atom is -0.388 e. The zero-order chi connectivity index (χ0) is 13.9. The molecule has 0 amide bonds. The highest BCUT2D eigenvalue weighted by molar-refractivity contribution is 6.30. The fourth-order valence-corrected chi connectivity index (χ4v) is 5.69. The Morgan fingerprint density at radius 3 is 2.30 bits per heavy atom. The van der Waals surface area contributed by atoms with Gasteiger partial charge in [-0.05, 0) is 62.3 Å². The second-order valence-electron chi connectivity index (χ2n) is 7.31. The van der Waals surface area contributed by atoms with Crippen molar-refractivity contribution in [3.05, 3.63) is 22.8 Å². The van der Waals surface area contributed by atoms with E-state index in [0.29, 0.717) is 10.8 Å². The Morgan fingerprint density at radius 2 is 1.75 bits per heavy atom. The smallest absolute Gasteiger partial charge is 0.129 e. The van der Waals surface area contributed by atoms with Crippen LogP contribution in [-0.4, -0.2) is 10.1 Å². The molecule has 0 aliphatic heterocycles. The number of aromatic nitrogens is 1. The number of nitrogen functional groups attached to an aromatic ring is 1. The van der Waals surface area contributed by atoms with Gasteiger partial charge in [0, 0.05) is 17.2 Å². The number of pyridine rings is 1. The lowest BCUT2D eigenvalue weighted by molar-refractivity contribution is -0.122. The van der Waals surface area contributed by atoms with Crippen molar-refractivity contribution in [3.8, 4) is 0 Å². The van der Waals surface area contributed by atoms with E-state index in [2.05, 4.69) is 4.98 Å². The van der Waals surface area contributed by atoms with E-state index in [1.165, 1.54) is 19.3 Å². The van der Waals surface area contributed by atoms with Crippen LogP contribution in [-0.2, 0) is 0 Å². The molecule has 1 heterocycles. The maximum Gasteiger partial charge on any atom is 0.129 e. The monoisotopic (exact) mass is 292 g/mol. The SMILES string of the molecule is Nc1ncc(Cl)cc1C(O)C12CC3CC(CC(C3)C1)C2. The van der Waals surface area contributed by atoms with Crippen LogP contribution in [0, 0.1) is 23.2 Å². The van der Waals surface area contributed by atoms with Crippen molar-refractivity contribution in [2.45, 2.75) is 44.6 Å². The summed E-state index contributed by atoms with van der Waals surface area (Å²) in [5.41, 5.74) is 6.74. The molecule has 4 saturated carbocycles. The molecule has 1 aromatic heterocycles. The molecule has 4 aliphatic carbocycles. The summed E-state index contributed by atoms with van der Waals surface area (Å²) in [4.78, 5) is 4.11. The number of anilines is 1. The molecule has 4 aliphatic rings. The molecule has 3 N–H and O–H groups in total. The predicted molar refractivity (Wildman–Crippen MR) is 79.2 cm³/mol. The van der Waals surface area contributed by atoms with Crippen LogP contribution in [0.25, 0.3) is 0 Å². The fourth-order valence-electron chi connectivity index (χ4n) is 5.53. The Morgan fingerprint density at radius 1 is 1.20 bits per heavy atom. The van der Waals surface area contributed by atoms with Crippen molar-refractivity contribution in [2.75, 3.05) is 5.73 Å². The van der Waals surface area contributed by atoms with E-state index in [0.717, 1.165) is 42.6 Å². The molecule has 4 bridgehead atoms. The zero-order valence-corrected chi connectivity index (χ0v) is 12.3. The molecule has 5 rings (SSSR count). The molecule has 1 unspecified atom stereocenters. The Balaban J connectivity index is 1.71. The number of nitrogens with two attached hydrogens (primary N) is 1. The van der Waals surface area contributed by atoms with Crippen LogP contribution in [0.2, 0.25) is 5.02 Å². The summed E-state index contributed by atoms with van der Waals surface area (Å²) in [6, 6.07) is 1.80. The average molecular weight is 293 g/mol. The summed E-state index contributed by atoms with van der Waals surface area (Å²) < 4.78 is 0. The predicted octanol–water partition coefficient (Wildman–Crippen LogP) is 3.57. The van der Waals surface area contributed by atoms with Crippen LogP contribution in [0.3, 0.4) is 0 Å². The van der Waals surface area contributed by atoms with Gasteiger partial charge in [0.1, 0.15) is 5.82 Å². The number of aliphatic hydroxyl groups is 1. The van der Waals surface area contributed by atoms with Crippen molar-refractivity contribution in [2.24, 2.45) is 23.2 Å². The van der Waals surface area contributed by atoms with E-state index in [-0.39, 0.29) is 5.41 Å². The van der Waals surface area contributed by atoms with Gasteiger partial charge in [0.25, 0.3) is 0 Å². The summed E-state index contributed by atoms with van der Waals surface area (Å²) in [7, 11) is 0. The fraction of sp³-hybridized carbons (Fsp3) is 0.688. The van der Waals surface area contributed by atoms with Gasteiger partial charge in [0.15, 0.2) is 0 Å². The first kappa shape index (κ1) is 12.9. The van der Waals surface area contributed by atoms with Crippen LogP contribution in [0.1, 0.15) is 50.2 Å². The van der Waals surface area contributed by atoms with E-state index in [9.17, 15) is 5.11 Å². The van der Waals surface area contributed by atoms with Crippen molar-refractivity contribution in [3.63, 3.8) is 0 Å². The van der Waals surface area contributed by atoms with Crippen LogP contribution in [0.5, 0.6) is 0 Å².